The quantitative estimate of drug-likeness (QED) is 0.739. The minimum atomic E-state index is -3.23. The molecule has 0 bridgehead atoms. The molecule has 0 atom stereocenters. The molecule has 0 aliphatic heterocycles. The molecule has 0 amide bonds. The number of nitrogens with zero attached hydrogens (tertiary/aromatic N) is 3. The highest BCUT2D eigenvalue weighted by Gasteiger charge is 2.32. The van der Waals surface area contributed by atoms with E-state index in [1.54, 1.807) is 12.3 Å². The van der Waals surface area contributed by atoms with Gasteiger partial charge in [-0.3, -0.25) is 4.98 Å². The molecule has 2 heterocycles. The van der Waals surface area contributed by atoms with Crippen molar-refractivity contribution in [1.82, 2.24) is 15.1 Å². The lowest BCUT2D eigenvalue weighted by Crippen LogP contribution is -2.07. The van der Waals surface area contributed by atoms with Crippen LogP contribution in [0.2, 0.25) is 0 Å². The Morgan fingerprint density at radius 1 is 1.19 bits per heavy atom. The number of alkyl halides is 2. The molecule has 1 aromatic carbocycles. The van der Waals surface area contributed by atoms with E-state index in [1.807, 2.05) is 26.0 Å². The summed E-state index contributed by atoms with van der Waals surface area (Å²) in [6.07, 6.45) is 2.33. The normalized spacial score (nSPS) is 11.0. The summed E-state index contributed by atoms with van der Waals surface area (Å²) in [7, 11) is 0. The molecular weight excluding hydrogens is 345 g/mol. The largest absolute Gasteiger partial charge is 0.397 e. The van der Waals surface area contributed by atoms with Crippen molar-refractivity contribution in [2.75, 3.05) is 5.73 Å². The van der Waals surface area contributed by atoms with E-state index in [4.69, 9.17) is 5.73 Å². The first-order valence-corrected chi connectivity index (χ1v) is 7.89. The highest BCUT2D eigenvalue weighted by atomic mass is 19.3. The number of rotatable bonds is 3. The predicted octanol–water partition coefficient (Wildman–Crippen LogP) is 4.52. The van der Waals surface area contributed by atoms with Crippen molar-refractivity contribution >= 4 is 5.69 Å². The maximum atomic E-state index is 13.7. The van der Waals surface area contributed by atoms with Crippen molar-refractivity contribution in [3.8, 4) is 11.4 Å². The van der Waals surface area contributed by atoms with Gasteiger partial charge in [-0.15, -0.1) is 0 Å². The zero-order valence-corrected chi connectivity index (χ0v) is 14.6. The summed E-state index contributed by atoms with van der Waals surface area (Å²) in [5.74, 6) is -4.78. The highest BCUT2D eigenvalue weighted by molar-refractivity contribution is 5.55. The number of hydrogen-bond donors (Lipinski definition) is 1. The third-order valence-corrected chi connectivity index (χ3v) is 3.42. The predicted molar refractivity (Wildman–Crippen MR) is 92.0 cm³/mol. The van der Waals surface area contributed by atoms with Crippen molar-refractivity contribution in [3.63, 3.8) is 0 Å². The molecular formula is C18H19F3N4O. The third kappa shape index (κ3) is 5.05. The van der Waals surface area contributed by atoms with Crippen LogP contribution in [0.1, 0.15) is 31.0 Å². The van der Waals surface area contributed by atoms with Gasteiger partial charge in [-0.05, 0) is 43.2 Å². The van der Waals surface area contributed by atoms with E-state index in [0.29, 0.717) is 13.3 Å². The van der Waals surface area contributed by atoms with Crippen molar-refractivity contribution in [2.24, 2.45) is 0 Å². The van der Waals surface area contributed by atoms with Gasteiger partial charge in [0.1, 0.15) is 5.82 Å². The van der Waals surface area contributed by atoms with Crippen LogP contribution in [0, 0.1) is 12.7 Å². The standard InChI is InChI=1S/C12H11F3N2O.C6H8N2/c1-3-7-4-5-8(9(13)6-7)10-16-11(18-17-10)12(2,14)15;1-5-2-3-6(7)4-8-5/h4-6H,3H2,1-2H3;2-4H,7H2,1H3. The Labute approximate surface area is 149 Å². The van der Waals surface area contributed by atoms with Crippen LogP contribution in [0.25, 0.3) is 11.4 Å². The number of aryl methyl sites for hydroxylation is 2. The number of hydrogen-bond acceptors (Lipinski definition) is 5. The van der Waals surface area contributed by atoms with Gasteiger partial charge in [0.15, 0.2) is 0 Å². The Balaban J connectivity index is 0.000000254. The van der Waals surface area contributed by atoms with Gasteiger partial charge in [0.25, 0.3) is 5.89 Å². The van der Waals surface area contributed by atoms with Gasteiger partial charge < -0.3 is 10.3 Å². The maximum Gasteiger partial charge on any atom is 0.322 e. The fraction of sp³-hybridized carbons (Fsp3) is 0.278. The molecule has 0 saturated carbocycles. The van der Waals surface area contributed by atoms with Crippen LogP contribution < -0.4 is 5.73 Å². The van der Waals surface area contributed by atoms with E-state index in [-0.39, 0.29) is 11.4 Å². The first-order chi connectivity index (χ1) is 12.2. The minimum Gasteiger partial charge on any atom is -0.397 e. The third-order valence-electron chi connectivity index (χ3n) is 3.42. The number of aromatic nitrogens is 3. The molecule has 0 spiro atoms. The number of nitrogen functional groups attached to an aromatic ring is 1. The average molecular weight is 364 g/mol. The molecule has 0 unspecified atom stereocenters. The Bertz CT molecular complexity index is 837. The minimum absolute atomic E-state index is 0.0476. The first kappa shape index (κ1) is 19.4. The lowest BCUT2D eigenvalue weighted by molar-refractivity contribution is -0.0158. The van der Waals surface area contributed by atoms with Gasteiger partial charge in [0, 0.05) is 12.6 Å². The summed E-state index contributed by atoms with van der Waals surface area (Å²) in [5, 5.41) is 3.36. The number of anilines is 1. The number of pyridine rings is 1. The van der Waals surface area contributed by atoms with Crippen molar-refractivity contribution < 1.29 is 17.7 Å². The molecule has 3 aromatic rings. The summed E-state index contributed by atoms with van der Waals surface area (Å²) in [5.41, 5.74) is 7.94. The van der Waals surface area contributed by atoms with E-state index >= 15 is 0 Å². The van der Waals surface area contributed by atoms with E-state index < -0.39 is 17.6 Å². The Morgan fingerprint density at radius 2 is 1.92 bits per heavy atom. The zero-order valence-electron chi connectivity index (χ0n) is 14.6. The Morgan fingerprint density at radius 3 is 2.38 bits per heavy atom. The molecule has 5 nitrogen and oxygen atoms in total. The fourth-order valence-corrected chi connectivity index (χ4v) is 1.95. The summed E-state index contributed by atoms with van der Waals surface area (Å²) in [4.78, 5) is 7.45. The first-order valence-electron chi connectivity index (χ1n) is 7.89. The van der Waals surface area contributed by atoms with Crippen molar-refractivity contribution in [3.05, 3.63) is 59.5 Å². The second kappa shape index (κ2) is 7.99. The maximum absolute atomic E-state index is 13.7. The Hall–Kier alpha value is -2.90. The second-order valence-electron chi connectivity index (χ2n) is 5.71. The molecule has 8 heteroatoms. The van der Waals surface area contributed by atoms with Gasteiger partial charge in [-0.1, -0.05) is 18.1 Å². The van der Waals surface area contributed by atoms with Crippen LogP contribution >= 0.6 is 0 Å². The molecule has 0 radical (unpaired) electrons. The molecule has 3 rings (SSSR count). The van der Waals surface area contributed by atoms with Crippen LogP contribution in [0.3, 0.4) is 0 Å². The van der Waals surface area contributed by atoms with Crippen molar-refractivity contribution in [1.29, 1.82) is 0 Å². The summed E-state index contributed by atoms with van der Waals surface area (Å²) in [6.45, 7) is 4.46. The topological polar surface area (TPSA) is 77.8 Å². The summed E-state index contributed by atoms with van der Waals surface area (Å²) >= 11 is 0. The molecule has 2 N–H and O–H groups in total. The van der Waals surface area contributed by atoms with Crippen molar-refractivity contribution in [2.45, 2.75) is 33.1 Å². The zero-order chi connectivity index (χ0) is 19.3. The lowest BCUT2D eigenvalue weighted by Gasteiger charge is -2.02. The Kier molecular flexibility index (Phi) is 5.97. The van der Waals surface area contributed by atoms with E-state index in [9.17, 15) is 13.2 Å². The number of benzene rings is 1. The van der Waals surface area contributed by atoms with Gasteiger partial charge in [-0.2, -0.15) is 13.8 Å². The van der Waals surface area contributed by atoms with Gasteiger partial charge in [-0.25, -0.2) is 4.39 Å². The molecule has 0 aliphatic carbocycles. The highest BCUT2D eigenvalue weighted by Crippen LogP contribution is 2.28. The van der Waals surface area contributed by atoms with Crippen LogP contribution in [0.4, 0.5) is 18.9 Å². The molecule has 2 aromatic heterocycles. The number of nitrogens with two attached hydrogens (primary N) is 1. The van der Waals surface area contributed by atoms with Crippen LogP contribution in [-0.2, 0) is 12.3 Å². The molecule has 0 fully saturated rings. The second-order valence-corrected chi connectivity index (χ2v) is 5.71. The molecule has 0 saturated heterocycles. The SMILES string of the molecule is CCc1ccc(-c2noc(C(C)(F)F)n2)c(F)c1.Cc1ccc(N)cn1. The molecule has 26 heavy (non-hydrogen) atoms. The average Bonchev–Trinajstić information content (AvgIpc) is 3.08. The van der Waals surface area contributed by atoms with Crippen LogP contribution in [0.5, 0.6) is 0 Å². The van der Waals surface area contributed by atoms with E-state index in [1.165, 1.54) is 12.1 Å². The fourth-order valence-electron chi connectivity index (χ4n) is 1.95. The molecule has 138 valence electrons. The van der Waals surface area contributed by atoms with Gasteiger partial charge >= 0.3 is 5.92 Å². The van der Waals surface area contributed by atoms with Gasteiger partial charge in [0.05, 0.1) is 17.4 Å². The van der Waals surface area contributed by atoms with E-state index in [2.05, 4.69) is 19.6 Å². The summed E-state index contributed by atoms with van der Waals surface area (Å²) < 4.78 is 44.0. The van der Waals surface area contributed by atoms with E-state index in [0.717, 1.165) is 16.9 Å². The molecule has 0 aliphatic rings. The summed E-state index contributed by atoms with van der Waals surface area (Å²) in [6, 6.07) is 8.20. The van der Waals surface area contributed by atoms with Crippen LogP contribution in [-0.4, -0.2) is 15.1 Å². The smallest absolute Gasteiger partial charge is 0.322 e. The monoisotopic (exact) mass is 364 g/mol. The van der Waals surface area contributed by atoms with Gasteiger partial charge in [0.2, 0.25) is 5.82 Å². The van der Waals surface area contributed by atoms with Crippen LogP contribution in [0.15, 0.2) is 41.1 Å². The number of halogens is 3. The lowest BCUT2D eigenvalue weighted by atomic mass is 10.1.